The van der Waals surface area contributed by atoms with Gasteiger partial charge in [-0.25, -0.2) is 0 Å². The first-order valence-corrected chi connectivity index (χ1v) is 8.23. The first-order chi connectivity index (χ1) is 10.8. The summed E-state index contributed by atoms with van der Waals surface area (Å²) in [5.74, 6) is 0.704. The third-order valence-corrected chi connectivity index (χ3v) is 3.11. The molecule has 0 bridgehead atoms. The molecule has 138 valence electrons. The van der Waals surface area contributed by atoms with Crippen molar-refractivity contribution in [2.75, 3.05) is 19.7 Å². The third kappa shape index (κ3) is 10.1. The fourth-order valence-corrected chi connectivity index (χ4v) is 1.99. The molecule has 24 heavy (non-hydrogen) atoms. The van der Waals surface area contributed by atoms with Gasteiger partial charge in [-0.05, 0) is 40.2 Å². The van der Waals surface area contributed by atoms with Crippen LogP contribution in [0, 0.1) is 0 Å². The number of rotatable bonds is 7. The highest BCUT2D eigenvalue weighted by Crippen LogP contribution is 2.15. The van der Waals surface area contributed by atoms with E-state index in [0.717, 1.165) is 12.1 Å². The van der Waals surface area contributed by atoms with Crippen molar-refractivity contribution in [2.45, 2.75) is 52.4 Å². The summed E-state index contributed by atoms with van der Waals surface area (Å²) < 4.78 is 5.72. The number of halogens is 1. The van der Waals surface area contributed by atoms with E-state index in [0.29, 0.717) is 12.5 Å². The summed E-state index contributed by atoms with van der Waals surface area (Å²) in [4.78, 5) is 4.41. The Morgan fingerprint density at radius 1 is 1.25 bits per heavy atom. The van der Waals surface area contributed by atoms with Crippen molar-refractivity contribution in [3.05, 3.63) is 35.9 Å². The van der Waals surface area contributed by atoms with E-state index >= 15 is 0 Å². The van der Waals surface area contributed by atoms with Gasteiger partial charge in [0.15, 0.2) is 5.96 Å². The predicted octanol–water partition coefficient (Wildman–Crippen LogP) is 3.10. The van der Waals surface area contributed by atoms with E-state index in [9.17, 15) is 5.11 Å². The average Bonchev–Trinajstić information content (AvgIpc) is 2.50. The fraction of sp³-hybridized carbons (Fsp3) is 0.611. The van der Waals surface area contributed by atoms with Crippen LogP contribution >= 0.6 is 24.0 Å². The second-order valence-electron chi connectivity index (χ2n) is 6.63. The summed E-state index contributed by atoms with van der Waals surface area (Å²) in [6.07, 6.45) is -0.674. The minimum atomic E-state index is -0.628. The van der Waals surface area contributed by atoms with E-state index in [4.69, 9.17) is 4.74 Å². The monoisotopic (exact) mass is 449 g/mol. The number of guanidine groups is 1. The van der Waals surface area contributed by atoms with Gasteiger partial charge in [0.25, 0.3) is 0 Å². The van der Waals surface area contributed by atoms with E-state index in [2.05, 4.69) is 36.4 Å². The lowest BCUT2D eigenvalue weighted by Crippen LogP contribution is -2.48. The molecule has 0 fully saturated rings. The van der Waals surface area contributed by atoms with Crippen LogP contribution in [0.25, 0.3) is 0 Å². The highest BCUT2D eigenvalue weighted by molar-refractivity contribution is 14.0. The van der Waals surface area contributed by atoms with Crippen LogP contribution in [-0.4, -0.2) is 42.4 Å². The van der Waals surface area contributed by atoms with Gasteiger partial charge in [-0.2, -0.15) is 0 Å². The number of nitrogens with zero attached hydrogens (tertiary/aromatic N) is 1. The van der Waals surface area contributed by atoms with Gasteiger partial charge in [-0.3, -0.25) is 4.99 Å². The van der Waals surface area contributed by atoms with Crippen molar-refractivity contribution in [1.82, 2.24) is 10.6 Å². The number of hydrogen-bond donors (Lipinski definition) is 3. The van der Waals surface area contributed by atoms with Gasteiger partial charge < -0.3 is 20.5 Å². The van der Waals surface area contributed by atoms with Crippen LogP contribution in [0.2, 0.25) is 0 Å². The molecule has 0 saturated heterocycles. The molecule has 0 heterocycles. The molecule has 0 radical (unpaired) electrons. The molecule has 3 N–H and O–H groups in total. The molecule has 0 amide bonds. The average molecular weight is 449 g/mol. The van der Waals surface area contributed by atoms with Crippen molar-refractivity contribution in [3.8, 4) is 0 Å². The fourth-order valence-electron chi connectivity index (χ4n) is 1.99. The van der Waals surface area contributed by atoms with Crippen LogP contribution in [0.4, 0.5) is 0 Å². The zero-order valence-electron chi connectivity index (χ0n) is 15.4. The number of aliphatic hydroxyl groups excluding tert-OH is 1. The standard InChI is InChI=1S/C18H31N3O2.HI/c1-6-19-17(21-18(3,4)5)20-12-16(22)13-23-14(2)15-10-8-7-9-11-15;/h7-11,14,16,22H,6,12-13H2,1-5H3,(H2,19,20,21);1H. The molecule has 5 nitrogen and oxygen atoms in total. The number of benzene rings is 1. The first-order valence-electron chi connectivity index (χ1n) is 8.23. The Bertz CT molecular complexity index is 475. The zero-order valence-corrected chi connectivity index (χ0v) is 17.7. The highest BCUT2D eigenvalue weighted by atomic mass is 127. The largest absolute Gasteiger partial charge is 0.389 e. The maximum absolute atomic E-state index is 10.1. The summed E-state index contributed by atoms with van der Waals surface area (Å²) in [5.41, 5.74) is 1.02. The second kappa shape index (κ2) is 11.7. The van der Waals surface area contributed by atoms with Crippen molar-refractivity contribution in [2.24, 2.45) is 4.99 Å². The summed E-state index contributed by atoms with van der Waals surface area (Å²) in [6, 6.07) is 9.98. The topological polar surface area (TPSA) is 65.9 Å². The van der Waals surface area contributed by atoms with Crippen LogP contribution in [-0.2, 0) is 4.74 Å². The zero-order chi connectivity index (χ0) is 17.3. The van der Waals surface area contributed by atoms with E-state index < -0.39 is 6.10 Å². The molecule has 1 aromatic rings. The molecule has 0 aliphatic heterocycles. The maximum atomic E-state index is 10.1. The Morgan fingerprint density at radius 2 is 1.88 bits per heavy atom. The summed E-state index contributed by atoms with van der Waals surface area (Å²) in [6.45, 7) is 11.5. The first kappa shape index (κ1) is 23.1. The Morgan fingerprint density at radius 3 is 2.42 bits per heavy atom. The molecule has 1 rings (SSSR count). The Kier molecular flexibility index (Phi) is 11.2. The second-order valence-corrected chi connectivity index (χ2v) is 6.63. The van der Waals surface area contributed by atoms with Gasteiger partial charge in [0, 0.05) is 12.1 Å². The number of nitrogens with one attached hydrogen (secondary N) is 2. The third-order valence-electron chi connectivity index (χ3n) is 3.11. The highest BCUT2D eigenvalue weighted by Gasteiger charge is 2.13. The minimum Gasteiger partial charge on any atom is -0.389 e. The normalized spacial score (nSPS) is 14.5. The molecule has 2 unspecified atom stereocenters. The van der Waals surface area contributed by atoms with E-state index in [-0.39, 0.29) is 42.2 Å². The van der Waals surface area contributed by atoms with Crippen molar-refractivity contribution in [1.29, 1.82) is 0 Å². The van der Waals surface area contributed by atoms with Crippen LogP contribution in [0.15, 0.2) is 35.3 Å². The summed E-state index contributed by atoms with van der Waals surface area (Å²) in [5, 5.41) is 16.5. The Balaban J connectivity index is 0.00000529. The number of aliphatic imine (C=N–C) groups is 1. The maximum Gasteiger partial charge on any atom is 0.191 e. The molecular weight excluding hydrogens is 417 g/mol. The molecule has 0 saturated carbocycles. The summed E-state index contributed by atoms with van der Waals surface area (Å²) in [7, 11) is 0. The van der Waals surface area contributed by atoms with Crippen LogP contribution in [0.1, 0.15) is 46.3 Å². The molecular formula is C18H32IN3O2. The number of aliphatic hydroxyl groups is 1. The van der Waals surface area contributed by atoms with Gasteiger partial charge >= 0.3 is 0 Å². The van der Waals surface area contributed by atoms with Crippen molar-refractivity contribution < 1.29 is 9.84 Å². The lowest BCUT2D eigenvalue weighted by Gasteiger charge is -2.24. The Labute approximate surface area is 163 Å². The molecule has 0 aromatic heterocycles. The van der Waals surface area contributed by atoms with Crippen molar-refractivity contribution in [3.63, 3.8) is 0 Å². The lowest BCUT2D eigenvalue weighted by atomic mass is 10.1. The van der Waals surface area contributed by atoms with Crippen molar-refractivity contribution >= 4 is 29.9 Å². The molecule has 6 heteroatoms. The number of ether oxygens (including phenoxy) is 1. The molecule has 0 spiro atoms. The predicted molar refractivity (Wildman–Crippen MR) is 111 cm³/mol. The van der Waals surface area contributed by atoms with E-state index in [1.165, 1.54) is 0 Å². The minimum absolute atomic E-state index is 0. The van der Waals surface area contributed by atoms with Crippen LogP contribution < -0.4 is 10.6 Å². The summed E-state index contributed by atoms with van der Waals surface area (Å²) >= 11 is 0. The molecule has 1 aromatic carbocycles. The van der Waals surface area contributed by atoms with Gasteiger partial charge in [-0.15, -0.1) is 24.0 Å². The molecule has 0 aliphatic carbocycles. The van der Waals surface area contributed by atoms with Gasteiger partial charge in [0.05, 0.1) is 25.4 Å². The molecule has 0 aliphatic rings. The van der Waals surface area contributed by atoms with Crippen LogP contribution in [0.5, 0.6) is 0 Å². The smallest absolute Gasteiger partial charge is 0.191 e. The van der Waals surface area contributed by atoms with Gasteiger partial charge in [0.2, 0.25) is 0 Å². The van der Waals surface area contributed by atoms with E-state index in [1.54, 1.807) is 0 Å². The van der Waals surface area contributed by atoms with Gasteiger partial charge in [-0.1, -0.05) is 30.3 Å². The van der Waals surface area contributed by atoms with Gasteiger partial charge in [0.1, 0.15) is 0 Å². The SMILES string of the molecule is CCNC(=NCC(O)COC(C)c1ccccc1)NC(C)(C)C.I. The Hall–Kier alpha value is -0.860. The molecule has 2 atom stereocenters. The lowest BCUT2D eigenvalue weighted by molar-refractivity contribution is 0.00110. The van der Waals surface area contributed by atoms with E-state index in [1.807, 2.05) is 44.2 Å². The number of hydrogen-bond acceptors (Lipinski definition) is 3. The van der Waals surface area contributed by atoms with Crippen LogP contribution in [0.3, 0.4) is 0 Å². The quantitative estimate of drug-likeness (QED) is 0.340.